The van der Waals surface area contributed by atoms with Crippen molar-refractivity contribution >= 4 is 5.91 Å². The fourth-order valence-corrected chi connectivity index (χ4v) is 2.65. The molecule has 1 aliphatic rings. The first-order valence-corrected chi connectivity index (χ1v) is 7.37. The van der Waals surface area contributed by atoms with Crippen LogP contribution in [0.3, 0.4) is 0 Å². The van der Waals surface area contributed by atoms with Crippen molar-refractivity contribution in [2.24, 2.45) is 0 Å². The van der Waals surface area contributed by atoms with Gasteiger partial charge in [0, 0.05) is 37.3 Å². The molecule has 116 valence electrons. The van der Waals surface area contributed by atoms with Crippen LogP contribution >= 0.6 is 0 Å². The summed E-state index contributed by atoms with van der Waals surface area (Å²) in [6.45, 7) is 4.04. The van der Waals surface area contributed by atoms with Gasteiger partial charge in [-0.1, -0.05) is 12.1 Å². The third kappa shape index (κ3) is 2.82. The van der Waals surface area contributed by atoms with Crippen molar-refractivity contribution in [2.75, 3.05) is 13.7 Å². The number of carbonyl (C=O) groups is 1. The molecule has 1 amide bonds. The average Bonchev–Trinajstić information content (AvgIpc) is 2.98. The van der Waals surface area contributed by atoms with Crippen molar-refractivity contribution in [1.82, 2.24) is 20.8 Å². The number of aromatic amines is 1. The summed E-state index contributed by atoms with van der Waals surface area (Å²) in [6.07, 6.45) is 0.880. The van der Waals surface area contributed by atoms with Gasteiger partial charge in [-0.15, -0.1) is 0 Å². The van der Waals surface area contributed by atoms with Crippen molar-refractivity contribution in [3.63, 3.8) is 0 Å². The molecule has 6 heteroatoms. The zero-order valence-electron chi connectivity index (χ0n) is 12.8. The number of aromatic nitrogens is 2. The summed E-state index contributed by atoms with van der Waals surface area (Å²) in [5.74, 6) is 0.675. The number of hydrogen-bond donors (Lipinski definition) is 3. The number of nitrogens with one attached hydrogen (secondary N) is 3. The molecule has 1 aromatic carbocycles. The summed E-state index contributed by atoms with van der Waals surface area (Å²) < 4.78 is 5.30. The van der Waals surface area contributed by atoms with Crippen LogP contribution in [0.5, 0.6) is 5.75 Å². The van der Waals surface area contributed by atoms with Crippen LogP contribution in [0.25, 0.3) is 0 Å². The van der Waals surface area contributed by atoms with E-state index in [9.17, 15) is 4.79 Å². The number of hydrogen-bond acceptors (Lipinski definition) is 4. The number of methoxy groups -OCH3 is 1. The maximum Gasteiger partial charge on any atom is 0.272 e. The number of benzene rings is 1. The first kappa shape index (κ1) is 14.6. The lowest BCUT2D eigenvalue weighted by molar-refractivity contribution is 0.0944. The Bertz CT molecular complexity index is 693. The molecular weight excluding hydrogens is 280 g/mol. The van der Waals surface area contributed by atoms with Gasteiger partial charge in [0.1, 0.15) is 5.75 Å². The molecule has 3 rings (SSSR count). The Morgan fingerprint density at radius 3 is 3.14 bits per heavy atom. The number of amides is 1. The minimum Gasteiger partial charge on any atom is -0.496 e. The summed E-state index contributed by atoms with van der Waals surface area (Å²) in [6, 6.07) is 5.91. The molecular formula is C16H20N4O2. The molecule has 0 saturated heterocycles. The van der Waals surface area contributed by atoms with E-state index in [4.69, 9.17) is 4.74 Å². The van der Waals surface area contributed by atoms with Crippen molar-refractivity contribution in [3.05, 3.63) is 46.3 Å². The van der Waals surface area contributed by atoms with E-state index >= 15 is 0 Å². The Balaban J connectivity index is 1.69. The monoisotopic (exact) mass is 300 g/mol. The van der Waals surface area contributed by atoms with Gasteiger partial charge in [0.15, 0.2) is 5.69 Å². The van der Waals surface area contributed by atoms with Gasteiger partial charge in [0.2, 0.25) is 0 Å². The Morgan fingerprint density at radius 2 is 2.32 bits per heavy atom. The van der Waals surface area contributed by atoms with E-state index in [0.29, 0.717) is 18.8 Å². The van der Waals surface area contributed by atoms with Crippen LogP contribution in [-0.4, -0.2) is 29.8 Å². The fraction of sp³-hybridized carbons (Fsp3) is 0.375. The SMILES string of the molecule is COc1cc(CNC(=O)c2n[nH]c3c2CNCC3)ccc1C. The Kier molecular flexibility index (Phi) is 4.11. The van der Waals surface area contributed by atoms with Crippen molar-refractivity contribution in [3.8, 4) is 5.75 Å². The van der Waals surface area contributed by atoms with Gasteiger partial charge in [-0.05, 0) is 24.1 Å². The molecule has 0 radical (unpaired) electrons. The van der Waals surface area contributed by atoms with Crippen LogP contribution in [0, 0.1) is 6.92 Å². The van der Waals surface area contributed by atoms with E-state index in [0.717, 1.165) is 41.1 Å². The molecule has 22 heavy (non-hydrogen) atoms. The third-order valence-electron chi connectivity index (χ3n) is 3.95. The van der Waals surface area contributed by atoms with Crippen LogP contribution in [0.2, 0.25) is 0 Å². The van der Waals surface area contributed by atoms with E-state index in [-0.39, 0.29) is 5.91 Å². The van der Waals surface area contributed by atoms with E-state index in [1.807, 2.05) is 25.1 Å². The summed E-state index contributed by atoms with van der Waals surface area (Å²) in [5, 5.41) is 13.3. The largest absolute Gasteiger partial charge is 0.496 e. The van der Waals surface area contributed by atoms with Crippen molar-refractivity contribution in [2.45, 2.75) is 26.4 Å². The van der Waals surface area contributed by atoms with Crippen molar-refractivity contribution < 1.29 is 9.53 Å². The zero-order chi connectivity index (χ0) is 15.5. The molecule has 3 N–H and O–H groups in total. The van der Waals surface area contributed by atoms with Gasteiger partial charge in [-0.25, -0.2) is 0 Å². The second-order valence-electron chi connectivity index (χ2n) is 5.44. The minimum atomic E-state index is -0.152. The predicted octanol–water partition coefficient (Wildman–Crippen LogP) is 1.30. The topological polar surface area (TPSA) is 79.0 Å². The normalized spacial score (nSPS) is 13.5. The lowest BCUT2D eigenvalue weighted by Gasteiger charge is -2.13. The molecule has 2 aromatic rings. The molecule has 1 aromatic heterocycles. The first-order chi connectivity index (χ1) is 10.7. The number of ether oxygens (including phenoxy) is 1. The molecule has 0 saturated carbocycles. The summed E-state index contributed by atoms with van der Waals surface area (Å²) >= 11 is 0. The Morgan fingerprint density at radius 1 is 1.45 bits per heavy atom. The second-order valence-corrected chi connectivity index (χ2v) is 5.44. The van der Waals surface area contributed by atoms with Crippen LogP contribution in [-0.2, 0) is 19.5 Å². The number of rotatable bonds is 4. The maximum atomic E-state index is 12.3. The number of H-pyrrole nitrogens is 1. The quantitative estimate of drug-likeness (QED) is 0.795. The van der Waals surface area contributed by atoms with Gasteiger partial charge in [-0.3, -0.25) is 9.89 Å². The van der Waals surface area contributed by atoms with Gasteiger partial charge >= 0.3 is 0 Å². The van der Waals surface area contributed by atoms with Crippen LogP contribution in [0.4, 0.5) is 0 Å². The average molecular weight is 300 g/mol. The van der Waals surface area contributed by atoms with Gasteiger partial charge in [0.05, 0.1) is 7.11 Å². The molecule has 6 nitrogen and oxygen atoms in total. The molecule has 0 spiro atoms. The fourth-order valence-electron chi connectivity index (χ4n) is 2.65. The number of aryl methyl sites for hydroxylation is 1. The summed E-state index contributed by atoms with van der Waals surface area (Å²) in [5.41, 5.74) is 4.59. The van der Waals surface area contributed by atoms with Gasteiger partial charge in [0.25, 0.3) is 5.91 Å². The first-order valence-electron chi connectivity index (χ1n) is 7.37. The highest BCUT2D eigenvalue weighted by Gasteiger charge is 2.21. The van der Waals surface area contributed by atoms with E-state index in [1.165, 1.54) is 0 Å². The lowest BCUT2D eigenvalue weighted by atomic mass is 10.1. The maximum absolute atomic E-state index is 12.3. The van der Waals surface area contributed by atoms with Crippen LogP contribution < -0.4 is 15.4 Å². The van der Waals surface area contributed by atoms with E-state index in [1.54, 1.807) is 7.11 Å². The van der Waals surface area contributed by atoms with E-state index < -0.39 is 0 Å². The summed E-state index contributed by atoms with van der Waals surface area (Å²) in [7, 11) is 1.65. The molecule has 1 aliphatic heterocycles. The molecule has 0 unspecified atom stereocenters. The highest BCUT2D eigenvalue weighted by molar-refractivity contribution is 5.94. The highest BCUT2D eigenvalue weighted by Crippen LogP contribution is 2.19. The molecule has 0 aliphatic carbocycles. The molecule has 0 atom stereocenters. The standard InChI is InChI=1S/C16H20N4O2/c1-10-3-4-11(7-14(10)22-2)8-18-16(21)15-12-9-17-6-5-13(12)19-20-15/h3-4,7,17H,5-6,8-9H2,1-2H3,(H,18,21)(H,19,20). The van der Waals surface area contributed by atoms with Gasteiger partial charge in [-0.2, -0.15) is 5.10 Å². The van der Waals surface area contributed by atoms with Crippen LogP contribution in [0.1, 0.15) is 32.9 Å². The number of fused-ring (bicyclic) bond motifs is 1. The Labute approximate surface area is 129 Å². The number of carbonyl (C=O) groups excluding carboxylic acids is 1. The lowest BCUT2D eigenvalue weighted by Crippen LogP contribution is -2.28. The Hall–Kier alpha value is -2.34. The summed E-state index contributed by atoms with van der Waals surface area (Å²) in [4.78, 5) is 12.3. The second kappa shape index (κ2) is 6.19. The van der Waals surface area contributed by atoms with Gasteiger partial charge < -0.3 is 15.4 Å². The zero-order valence-corrected chi connectivity index (χ0v) is 12.8. The highest BCUT2D eigenvalue weighted by atomic mass is 16.5. The molecule has 2 heterocycles. The number of nitrogens with zero attached hydrogens (tertiary/aromatic N) is 1. The van der Waals surface area contributed by atoms with E-state index in [2.05, 4.69) is 20.8 Å². The third-order valence-corrected chi connectivity index (χ3v) is 3.95. The smallest absolute Gasteiger partial charge is 0.272 e. The molecule has 0 bridgehead atoms. The minimum absolute atomic E-state index is 0.152. The van der Waals surface area contributed by atoms with Crippen LogP contribution in [0.15, 0.2) is 18.2 Å². The predicted molar refractivity (Wildman–Crippen MR) is 82.9 cm³/mol. The molecule has 0 fully saturated rings. The van der Waals surface area contributed by atoms with Crippen molar-refractivity contribution in [1.29, 1.82) is 0 Å².